The molecule has 0 saturated carbocycles. The predicted molar refractivity (Wildman–Crippen MR) is 78.1 cm³/mol. The lowest BCUT2D eigenvalue weighted by molar-refractivity contribution is 0.0928. The van der Waals surface area contributed by atoms with Crippen molar-refractivity contribution in [3.63, 3.8) is 0 Å². The van der Waals surface area contributed by atoms with Crippen LogP contribution in [0.25, 0.3) is 0 Å². The van der Waals surface area contributed by atoms with Crippen molar-refractivity contribution >= 4 is 0 Å². The molecule has 2 heteroatoms. The maximum absolute atomic E-state index is 6.16. The third kappa shape index (κ3) is 3.74. The van der Waals surface area contributed by atoms with E-state index in [4.69, 9.17) is 10.5 Å². The van der Waals surface area contributed by atoms with Crippen molar-refractivity contribution in [2.75, 3.05) is 6.54 Å². The largest absolute Gasteiger partial charge is 0.488 e. The van der Waals surface area contributed by atoms with E-state index < -0.39 is 0 Å². The third-order valence-corrected chi connectivity index (χ3v) is 3.51. The van der Waals surface area contributed by atoms with Gasteiger partial charge in [0.15, 0.2) is 0 Å². The molecule has 0 aliphatic heterocycles. The molecule has 0 aliphatic carbocycles. The Labute approximate surface area is 112 Å². The number of hydrogen-bond acceptors (Lipinski definition) is 2. The Morgan fingerprint density at radius 1 is 1.22 bits per heavy atom. The Kier molecular flexibility index (Phi) is 5.21. The van der Waals surface area contributed by atoms with Crippen LogP contribution in [-0.2, 0) is 0 Å². The lowest BCUT2D eigenvalue weighted by atomic mass is 9.88. The van der Waals surface area contributed by atoms with Gasteiger partial charge in [0.05, 0.1) is 0 Å². The van der Waals surface area contributed by atoms with Crippen LogP contribution in [0.4, 0.5) is 0 Å². The van der Waals surface area contributed by atoms with Crippen LogP contribution in [0.15, 0.2) is 24.3 Å². The van der Waals surface area contributed by atoms with E-state index in [1.54, 1.807) is 0 Å². The number of rotatable bonds is 5. The van der Waals surface area contributed by atoms with Crippen LogP contribution >= 0.6 is 0 Å². The van der Waals surface area contributed by atoms with Gasteiger partial charge in [-0.15, -0.1) is 0 Å². The predicted octanol–water partition coefficient (Wildman–Crippen LogP) is 3.95. The van der Waals surface area contributed by atoms with Crippen LogP contribution < -0.4 is 10.5 Å². The summed E-state index contributed by atoms with van der Waals surface area (Å²) >= 11 is 0. The van der Waals surface area contributed by atoms with Crippen LogP contribution in [0.2, 0.25) is 0 Å². The first-order chi connectivity index (χ1) is 8.40. The molecule has 0 spiro atoms. The average molecular weight is 249 g/mol. The van der Waals surface area contributed by atoms with E-state index in [-0.39, 0.29) is 11.5 Å². The molecule has 0 bridgehead atoms. The molecule has 0 aliphatic rings. The van der Waals surface area contributed by atoms with Crippen LogP contribution in [0, 0.1) is 5.41 Å². The Hall–Kier alpha value is -1.02. The fourth-order valence-electron chi connectivity index (χ4n) is 1.95. The van der Waals surface area contributed by atoms with E-state index in [0.29, 0.717) is 12.5 Å². The minimum Gasteiger partial charge on any atom is -0.488 e. The minimum atomic E-state index is 0.0442. The SMILES string of the molecule is CCC(C)c1ccccc1OC(CN)C(C)(C)C. The molecular formula is C16H27NO. The summed E-state index contributed by atoms with van der Waals surface area (Å²) in [5.41, 5.74) is 7.17. The van der Waals surface area contributed by atoms with Gasteiger partial charge in [0.25, 0.3) is 0 Å². The standard InChI is InChI=1S/C16H27NO/c1-6-12(2)13-9-7-8-10-14(13)18-15(11-17)16(3,4)5/h7-10,12,15H,6,11,17H2,1-5H3. The maximum atomic E-state index is 6.16. The highest BCUT2D eigenvalue weighted by Crippen LogP contribution is 2.31. The molecule has 2 unspecified atom stereocenters. The minimum absolute atomic E-state index is 0.0442. The van der Waals surface area contributed by atoms with Crippen molar-refractivity contribution in [1.29, 1.82) is 0 Å². The highest BCUT2D eigenvalue weighted by molar-refractivity contribution is 5.36. The quantitative estimate of drug-likeness (QED) is 0.857. The molecule has 1 aromatic rings. The van der Waals surface area contributed by atoms with Gasteiger partial charge in [-0.25, -0.2) is 0 Å². The Balaban J connectivity index is 2.96. The fraction of sp³-hybridized carbons (Fsp3) is 0.625. The molecule has 0 fully saturated rings. The maximum Gasteiger partial charge on any atom is 0.123 e. The molecule has 0 radical (unpaired) electrons. The smallest absolute Gasteiger partial charge is 0.123 e. The summed E-state index contributed by atoms with van der Waals surface area (Å²) in [6.45, 7) is 11.5. The highest BCUT2D eigenvalue weighted by Gasteiger charge is 2.26. The van der Waals surface area contributed by atoms with E-state index in [1.807, 2.05) is 6.07 Å². The van der Waals surface area contributed by atoms with Gasteiger partial charge in [-0.05, 0) is 24.0 Å². The Bertz CT molecular complexity index is 368. The summed E-state index contributed by atoms with van der Waals surface area (Å²) in [7, 11) is 0. The number of para-hydroxylation sites is 1. The Morgan fingerprint density at radius 2 is 1.83 bits per heavy atom. The van der Waals surface area contributed by atoms with Crippen LogP contribution in [0.5, 0.6) is 5.75 Å². The zero-order valence-electron chi connectivity index (χ0n) is 12.4. The fourth-order valence-corrected chi connectivity index (χ4v) is 1.95. The molecule has 18 heavy (non-hydrogen) atoms. The number of benzene rings is 1. The van der Waals surface area contributed by atoms with E-state index >= 15 is 0 Å². The topological polar surface area (TPSA) is 35.2 Å². The molecule has 2 nitrogen and oxygen atoms in total. The van der Waals surface area contributed by atoms with Crippen molar-refractivity contribution in [2.24, 2.45) is 11.1 Å². The molecule has 1 aromatic carbocycles. The van der Waals surface area contributed by atoms with E-state index in [2.05, 4.69) is 52.8 Å². The highest BCUT2D eigenvalue weighted by atomic mass is 16.5. The summed E-state index contributed by atoms with van der Waals surface area (Å²) < 4.78 is 6.16. The van der Waals surface area contributed by atoms with Crippen molar-refractivity contribution in [3.05, 3.63) is 29.8 Å². The molecule has 0 amide bonds. The zero-order valence-corrected chi connectivity index (χ0v) is 12.4. The summed E-state index contributed by atoms with van der Waals surface area (Å²) in [6.07, 6.45) is 1.16. The first-order valence-corrected chi connectivity index (χ1v) is 6.85. The van der Waals surface area contributed by atoms with Gasteiger partial charge in [0.2, 0.25) is 0 Å². The van der Waals surface area contributed by atoms with Crippen molar-refractivity contribution in [2.45, 2.75) is 53.1 Å². The lowest BCUT2D eigenvalue weighted by Crippen LogP contribution is -2.39. The van der Waals surface area contributed by atoms with Gasteiger partial charge in [0.1, 0.15) is 11.9 Å². The summed E-state index contributed by atoms with van der Waals surface area (Å²) in [6, 6.07) is 8.30. The van der Waals surface area contributed by atoms with Crippen LogP contribution in [-0.4, -0.2) is 12.6 Å². The molecule has 2 N–H and O–H groups in total. The van der Waals surface area contributed by atoms with E-state index in [0.717, 1.165) is 12.2 Å². The van der Waals surface area contributed by atoms with Crippen molar-refractivity contribution in [3.8, 4) is 5.75 Å². The molecule has 0 aromatic heterocycles. The second kappa shape index (κ2) is 6.24. The van der Waals surface area contributed by atoms with E-state index in [1.165, 1.54) is 5.56 Å². The van der Waals surface area contributed by atoms with Crippen molar-refractivity contribution < 1.29 is 4.74 Å². The van der Waals surface area contributed by atoms with Gasteiger partial charge in [-0.1, -0.05) is 52.8 Å². The third-order valence-electron chi connectivity index (χ3n) is 3.51. The first-order valence-electron chi connectivity index (χ1n) is 6.85. The normalized spacial score (nSPS) is 15.2. The molecular weight excluding hydrogens is 222 g/mol. The number of hydrogen-bond donors (Lipinski definition) is 1. The first kappa shape index (κ1) is 15.0. The second-order valence-corrected chi connectivity index (χ2v) is 6.06. The second-order valence-electron chi connectivity index (χ2n) is 6.06. The van der Waals surface area contributed by atoms with Crippen molar-refractivity contribution in [1.82, 2.24) is 0 Å². The summed E-state index contributed by atoms with van der Waals surface area (Å²) in [5, 5.41) is 0. The molecule has 102 valence electrons. The molecule has 0 saturated heterocycles. The monoisotopic (exact) mass is 249 g/mol. The molecule has 2 atom stereocenters. The van der Waals surface area contributed by atoms with Gasteiger partial charge >= 0.3 is 0 Å². The summed E-state index contributed by atoms with van der Waals surface area (Å²) in [4.78, 5) is 0. The van der Waals surface area contributed by atoms with Crippen LogP contribution in [0.3, 0.4) is 0 Å². The Morgan fingerprint density at radius 3 is 2.33 bits per heavy atom. The number of nitrogens with two attached hydrogens (primary N) is 1. The molecule has 0 heterocycles. The van der Waals surface area contributed by atoms with Gasteiger partial charge < -0.3 is 10.5 Å². The molecule has 1 rings (SSSR count). The van der Waals surface area contributed by atoms with Gasteiger partial charge in [-0.3, -0.25) is 0 Å². The van der Waals surface area contributed by atoms with Gasteiger partial charge in [0, 0.05) is 12.0 Å². The van der Waals surface area contributed by atoms with E-state index in [9.17, 15) is 0 Å². The lowest BCUT2D eigenvalue weighted by Gasteiger charge is -2.31. The van der Waals surface area contributed by atoms with Crippen LogP contribution in [0.1, 0.15) is 52.5 Å². The van der Waals surface area contributed by atoms with Gasteiger partial charge in [-0.2, -0.15) is 0 Å². The number of ether oxygens (including phenoxy) is 1. The average Bonchev–Trinajstić information content (AvgIpc) is 2.34. The zero-order chi connectivity index (χ0) is 13.8. The summed E-state index contributed by atoms with van der Waals surface area (Å²) in [5.74, 6) is 1.50.